The van der Waals surface area contributed by atoms with Crippen LogP contribution in [0, 0.1) is 23.2 Å². The highest BCUT2D eigenvalue weighted by atomic mass is 35.5. The molecule has 1 spiro atoms. The van der Waals surface area contributed by atoms with Gasteiger partial charge in [-0.25, -0.2) is 8.78 Å². The Kier molecular flexibility index (Phi) is 6.17. The Bertz CT molecular complexity index is 1300. The number of aromatic nitrogens is 1. The van der Waals surface area contributed by atoms with Crippen molar-refractivity contribution in [3.8, 4) is 0 Å². The van der Waals surface area contributed by atoms with Crippen molar-refractivity contribution in [1.29, 1.82) is 0 Å². The quantitative estimate of drug-likeness (QED) is 0.448. The number of aromatic amines is 1. The molecular weight excluding hydrogens is 508 g/mol. The number of benzene rings is 1. The number of alkyl halides is 2. The van der Waals surface area contributed by atoms with Crippen LogP contribution in [0.5, 0.6) is 0 Å². The van der Waals surface area contributed by atoms with Crippen LogP contribution in [0.1, 0.15) is 42.6 Å². The largest absolute Gasteiger partial charge is 0.369 e. The van der Waals surface area contributed by atoms with Crippen LogP contribution in [0.4, 0.5) is 8.78 Å². The number of piperidine rings is 1. The van der Waals surface area contributed by atoms with Crippen molar-refractivity contribution in [3.05, 3.63) is 35.0 Å². The summed E-state index contributed by atoms with van der Waals surface area (Å²) in [5.41, 5.74) is 10.7. The van der Waals surface area contributed by atoms with Crippen LogP contribution in [0.3, 0.4) is 0 Å². The lowest BCUT2D eigenvalue weighted by Crippen LogP contribution is -2.63. The number of carbonyl (C=O) groups is 4. The molecule has 2 saturated heterocycles. The summed E-state index contributed by atoms with van der Waals surface area (Å²) in [6.45, 7) is 0.305. The normalized spacial score (nSPS) is 29.6. The number of hydrogen-bond acceptors (Lipinski definition) is 4. The molecule has 37 heavy (non-hydrogen) atoms. The number of hydrogen-bond donors (Lipinski definition) is 4. The van der Waals surface area contributed by atoms with Crippen molar-refractivity contribution in [2.24, 2.45) is 34.6 Å². The van der Waals surface area contributed by atoms with Crippen molar-refractivity contribution in [2.45, 2.75) is 44.1 Å². The van der Waals surface area contributed by atoms with Crippen molar-refractivity contribution < 1.29 is 28.0 Å². The van der Waals surface area contributed by atoms with E-state index >= 15 is 8.78 Å². The number of rotatable bonds is 6. The Morgan fingerprint density at radius 1 is 1.24 bits per heavy atom. The Labute approximate surface area is 216 Å². The summed E-state index contributed by atoms with van der Waals surface area (Å²) in [7, 11) is 0. The van der Waals surface area contributed by atoms with Gasteiger partial charge in [-0.15, -0.1) is 0 Å². The molecule has 3 unspecified atom stereocenters. The number of nitrogens with zero attached hydrogens (tertiary/aromatic N) is 1. The molecule has 1 aliphatic carbocycles. The minimum Gasteiger partial charge on any atom is -0.369 e. The highest BCUT2D eigenvalue weighted by Crippen LogP contribution is 2.65. The van der Waals surface area contributed by atoms with Gasteiger partial charge in [0.2, 0.25) is 17.7 Å². The van der Waals surface area contributed by atoms with E-state index < -0.39 is 59.3 Å². The molecule has 1 saturated carbocycles. The van der Waals surface area contributed by atoms with E-state index in [1.165, 1.54) is 4.90 Å². The molecule has 198 valence electrons. The lowest BCUT2D eigenvalue weighted by molar-refractivity contribution is -0.240. The van der Waals surface area contributed by atoms with Gasteiger partial charge in [-0.3, -0.25) is 19.2 Å². The van der Waals surface area contributed by atoms with E-state index in [-0.39, 0.29) is 31.0 Å². The lowest BCUT2D eigenvalue weighted by atomic mass is 9.51. The Hall–Kier alpha value is -3.21. The molecule has 1 aromatic heterocycles. The third kappa shape index (κ3) is 4.22. The van der Waals surface area contributed by atoms with Gasteiger partial charge in [0.25, 0.3) is 11.8 Å². The summed E-state index contributed by atoms with van der Waals surface area (Å²) >= 11 is 6.21. The first-order valence-electron chi connectivity index (χ1n) is 12.3. The van der Waals surface area contributed by atoms with Crippen LogP contribution < -0.4 is 16.8 Å². The fourth-order valence-corrected chi connectivity index (χ4v) is 6.96. The molecule has 1 aromatic carbocycles. The lowest BCUT2D eigenvalue weighted by Gasteiger charge is -2.55. The molecule has 2 aliphatic heterocycles. The van der Waals surface area contributed by atoms with Gasteiger partial charge in [-0.1, -0.05) is 23.7 Å². The van der Waals surface area contributed by atoms with Crippen LogP contribution in [-0.2, 0) is 14.4 Å². The number of nitrogens with two attached hydrogens (primary N) is 2. The van der Waals surface area contributed by atoms with Gasteiger partial charge in [-0.05, 0) is 37.8 Å². The molecule has 2 aromatic rings. The molecule has 3 heterocycles. The van der Waals surface area contributed by atoms with Gasteiger partial charge < -0.3 is 26.7 Å². The number of fused-ring (bicyclic) bond motifs is 1. The van der Waals surface area contributed by atoms with E-state index in [2.05, 4.69) is 10.3 Å². The van der Waals surface area contributed by atoms with Gasteiger partial charge >= 0.3 is 0 Å². The number of likely N-dealkylation sites (tertiary alicyclic amines) is 1. The smallest absolute Gasteiger partial charge is 0.271 e. The second kappa shape index (κ2) is 8.97. The van der Waals surface area contributed by atoms with Crippen molar-refractivity contribution in [3.63, 3.8) is 0 Å². The van der Waals surface area contributed by atoms with E-state index in [0.717, 1.165) is 0 Å². The summed E-state index contributed by atoms with van der Waals surface area (Å²) in [5, 5.41) is 3.78. The zero-order valence-electron chi connectivity index (χ0n) is 19.9. The van der Waals surface area contributed by atoms with Crippen LogP contribution in [-0.4, -0.2) is 58.6 Å². The highest BCUT2D eigenvalue weighted by molar-refractivity contribution is 6.35. The van der Waals surface area contributed by atoms with Gasteiger partial charge in [-0.2, -0.15) is 0 Å². The number of para-hydroxylation sites is 1. The summed E-state index contributed by atoms with van der Waals surface area (Å²) in [4.78, 5) is 54.9. The second-order valence-electron chi connectivity index (χ2n) is 10.6. The van der Waals surface area contributed by atoms with Gasteiger partial charge in [0.15, 0.2) is 0 Å². The fourth-order valence-electron chi connectivity index (χ4n) is 6.73. The predicted octanol–water partition coefficient (Wildman–Crippen LogP) is 2.18. The maximum absolute atomic E-state index is 15.2. The summed E-state index contributed by atoms with van der Waals surface area (Å²) in [6.07, 6.45) is 0.305. The maximum Gasteiger partial charge on any atom is 0.271 e. The van der Waals surface area contributed by atoms with Gasteiger partial charge in [0.1, 0.15) is 11.7 Å². The third-order valence-electron chi connectivity index (χ3n) is 8.29. The third-order valence-corrected chi connectivity index (χ3v) is 8.61. The number of halogens is 3. The average molecular weight is 536 g/mol. The molecule has 0 bridgehead atoms. The van der Waals surface area contributed by atoms with Gasteiger partial charge in [0.05, 0.1) is 10.5 Å². The van der Waals surface area contributed by atoms with Crippen LogP contribution in [0.25, 0.3) is 10.9 Å². The van der Waals surface area contributed by atoms with Crippen molar-refractivity contribution >= 4 is 46.1 Å². The first kappa shape index (κ1) is 25.4. The zero-order chi connectivity index (χ0) is 26.7. The Balaban J connectivity index is 1.46. The van der Waals surface area contributed by atoms with E-state index in [1.54, 1.807) is 24.3 Å². The maximum atomic E-state index is 15.2. The Morgan fingerprint density at radius 3 is 2.62 bits per heavy atom. The standard InChI is InChI=1S/C25H28ClF2N5O4/c26-15-5-1-3-12-8-16(32-18(12)15)23(37)33-11-24(9-17(33)21(30)35)10-25(27,28)19(24)14(20(29)34)7-13-4-2-6-31-22(13)36/h1,3,5,8,13-14,17,19,32H,2,4,6-7,9-11H2,(H2,29,34)(H2,30,35)(H,31,36)/t13-,14-,17?,19?,24?/m0/s1. The minimum absolute atomic E-state index is 0.112. The van der Waals surface area contributed by atoms with Gasteiger partial charge in [0, 0.05) is 48.1 Å². The van der Waals surface area contributed by atoms with Crippen LogP contribution in [0.2, 0.25) is 5.02 Å². The van der Waals surface area contributed by atoms with Crippen molar-refractivity contribution in [2.75, 3.05) is 13.1 Å². The first-order valence-corrected chi connectivity index (χ1v) is 12.6. The fraction of sp³-hybridized carbons (Fsp3) is 0.520. The van der Waals surface area contributed by atoms with E-state index in [0.29, 0.717) is 35.3 Å². The molecule has 3 fully saturated rings. The monoisotopic (exact) mass is 535 g/mol. The van der Waals surface area contributed by atoms with E-state index in [9.17, 15) is 19.2 Å². The first-order chi connectivity index (χ1) is 17.4. The molecule has 5 rings (SSSR count). The van der Waals surface area contributed by atoms with E-state index in [4.69, 9.17) is 23.1 Å². The molecular formula is C25H28ClF2N5O4. The predicted molar refractivity (Wildman–Crippen MR) is 130 cm³/mol. The number of H-pyrrole nitrogens is 1. The Morgan fingerprint density at radius 2 is 2.00 bits per heavy atom. The molecule has 0 radical (unpaired) electrons. The molecule has 4 amide bonds. The number of carbonyl (C=O) groups excluding carboxylic acids is 4. The number of primary amides is 2. The molecule has 6 N–H and O–H groups in total. The highest BCUT2D eigenvalue weighted by Gasteiger charge is 2.72. The van der Waals surface area contributed by atoms with Crippen LogP contribution >= 0.6 is 11.6 Å². The number of nitrogens with one attached hydrogen (secondary N) is 2. The van der Waals surface area contributed by atoms with Crippen LogP contribution in [0.15, 0.2) is 24.3 Å². The molecule has 5 atom stereocenters. The zero-order valence-corrected chi connectivity index (χ0v) is 20.7. The molecule has 9 nitrogen and oxygen atoms in total. The van der Waals surface area contributed by atoms with Crippen molar-refractivity contribution in [1.82, 2.24) is 15.2 Å². The SMILES string of the molecule is NC(=O)C1CC2(CN1C(=O)c1cc3cccc(Cl)c3[nH]1)CC(F)(F)C2[C@H](C[C@@H]1CCCNC1=O)C(N)=O. The summed E-state index contributed by atoms with van der Waals surface area (Å²) in [5.74, 6) is -9.29. The van der Waals surface area contributed by atoms with E-state index in [1.807, 2.05) is 0 Å². The summed E-state index contributed by atoms with van der Waals surface area (Å²) < 4.78 is 30.4. The topological polar surface area (TPSA) is 151 Å². The molecule has 12 heteroatoms. The minimum atomic E-state index is -3.25. The second-order valence-corrected chi connectivity index (χ2v) is 11.0. The average Bonchev–Trinajstić information content (AvgIpc) is 3.43. The molecule has 3 aliphatic rings. The summed E-state index contributed by atoms with van der Waals surface area (Å²) in [6, 6.07) is 5.57. The number of amides is 4.